The maximum absolute atomic E-state index is 16.0. The van der Waals surface area contributed by atoms with Crippen LogP contribution in [0, 0.1) is 17.1 Å². The summed E-state index contributed by atoms with van der Waals surface area (Å²) in [5, 5.41) is 17.9. The molecular formula is C30H29FN10O2. The molecule has 6 heterocycles. The zero-order chi connectivity index (χ0) is 30.2. The number of hydrogen-bond acceptors (Lipinski definition) is 9. The number of aromatic nitrogens is 7. The molecule has 0 saturated carbocycles. The van der Waals surface area contributed by atoms with Crippen LogP contribution in [0.3, 0.4) is 0 Å². The second-order valence-corrected chi connectivity index (χ2v) is 10.8. The van der Waals surface area contributed by atoms with Crippen molar-refractivity contribution in [1.29, 1.82) is 5.26 Å². The molecule has 0 aromatic carbocycles. The molecule has 6 rings (SSSR count). The number of piperazine rings is 1. The highest BCUT2D eigenvalue weighted by Crippen LogP contribution is 2.33. The molecule has 1 saturated heterocycles. The van der Waals surface area contributed by atoms with Crippen LogP contribution >= 0.6 is 0 Å². The largest absolute Gasteiger partial charge is 0.355 e. The topological polar surface area (TPSA) is 139 Å². The van der Waals surface area contributed by atoms with E-state index in [2.05, 4.69) is 32.9 Å². The molecule has 2 aliphatic heterocycles. The highest BCUT2D eigenvalue weighted by atomic mass is 19.1. The van der Waals surface area contributed by atoms with Crippen molar-refractivity contribution in [2.24, 2.45) is 0 Å². The van der Waals surface area contributed by atoms with Gasteiger partial charge >= 0.3 is 5.69 Å². The zero-order valence-electron chi connectivity index (χ0n) is 23.8. The Labute approximate surface area is 246 Å². The van der Waals surface area contributed by atoms with Crippen LogP contribution in [-0.2, 0) is 17.8 Å². The number of pyridine rings is 2. The SMILES string of the molecule is C=CC(=O)N1CCN(c2nc(=O)n3c4nc(c(F)cc24)-c2cnnn2C/C=C\Cc2ccnc(C(C)C)c2-3)CC1CC#N. The summed E-state index contributed by atoms with van der Waals surface area (Å²) in [7, 11) is 0. The van der Waals surface area contributed by atoms with Gasteiger partial charge in [-0.2, -0.15) is 10.2 Å². The van der Waals surface area contributed by atoms with Crippen molar-refractivity contribution in [1.82, 2.24) is 39.4 Å². The van der Waals surface area contributed by atoms with Crippen molar-refractivity contribution in [3.8, 4) is 23.1 Å². The number of halogens is 1. The fourth-order valence-electron chi connectivity index (χ4n) is 5.78. The van der Waals surface area contributed by atoms with Crippen LogP contribution in [0.1, 0.15) is 37.4 Å². The maximum Gasteiger partial charge on any atom is 0.355 e. The normalized spacial score (nSPS) is 17.1. The fraction of sp³-hybridized carbons (Fsp3) is 0.333. The molecule has 1 amide bonds. The molecule has 12 nitrogen and oxygen atoms in total. The number of fused-ring (bicyclic) bond motifs is 5. The summed E-state index contributed by atoms with van der Waals surface area (Å²) >= 11 is 0. The predicted octanol–water partition coefficient (Wildman–Crippen LogP) is 2.93. The van der Waals surface area contributed by atoms with Gasteiger partial charge in [0, 0.05) is 25.8 Å². The molecule has 13 heteroatoms. The van der Waals surface area contributed by atoms with Crippen LogP contribution in [-0.4, -0.2) is 71.0 Å². The molecule has 0 spiro atoms. The van der Waals surface area contributed by atoms with Gasteiger partial charge in [-0.1, -0.05) is 37.8 Å². The van der Waals surface area contributed by atoms with Gasteiger partial charge in [0.25, 0.3) is 0 Å². The number of allylic oxidation sites excluding steroid dienone is 2. The minimum absolute atomic E-state index is 0.00272. The van der Waals surface area contributed by atoms with Crippen molar-refractivity contribution < 1.29 is 9.18 Å². The third-order valence-corrected chi connectivity index (χ3v) is 7.82. The molecule has 1 atom stereocenters. The van der Waals surface area contributed by atoms with E-state index in [1.807, 2.05) is 37.0 Å². The third kappa shape index (κ3) is 4.84. The van der Waals surface area contributed by atoms with Gasteiger partial charge in [-0.25, -0.2) is 23.4 Å². The second kappa shape index (κ2) is 11.2. The lowest BCUT2D eigenvalue weighted by molar-refractivity contribution is -0.128. The first-order valence-electron chi connectivity index (χ1n) is 14.0. The summed E-state index contributed by atoms with van der Waals surface area (Å²) in [6.45, 7) is 8.72. The van der Waals surface area contributed by atoms with Gasteiger partial charge in [-0.3, -0.25) is 9.78 Å². The maximum atomic E-state index is 16.0. The fourth-order valence-corrected chi connectivity index (χ4v) is 5.78. The molecule has 218 valence electrons. The first-order valence-corrected chi connectivity index (χ1v) is 14.0. The average Bonchev–Trinajstić information content (AvgIpc) is 3.46. The van der Waals surface area contributed by atoms with E-state index in [9.17, 15) is 14.9 Å². The number of amides is 1. The summed E-state index contributed by atoms with van der Waals surface area (Å²) in [4.78, 5) is 43.9. The number of carbonyl (C=O) groups is 1. The first-order chi connectivity index (χ1) is 20.8. The van der Waals surface area contributed by atoms with Gasteiger partial charge in [0.2, 0.25) is 5.91 Å². The second-order valence-electron chi connectivity index (χ2n) is 10.8. The van der Waals surface area contributed by atoms with Crippen LogP contribution in [0.5, 0.6) is 0 Å². The highest BCUT2D eigenvalue weighted by molar-refractivity contribution is 5.91. The van der Waals surface area contributed by atoms with Gasteiger partial charge in [0.1, 0.15) is 17.2 Å². The van der Waals surface area contributed by atoms with Gasteiger partial charge < -0.3 is 9.80 Å². The minimum atomic E-state index is -0.630. The lowest BCUT2D eigenvalue weighted by Gasteiger charge is -2.41. The third-order valence-electron chi connectivity index (χ3n) is 7.82. The Morgan fingerprint density at radius 3 is 2.88 bits per heavy atom. The van der Waals surface area contributed by atoms with E-state index in [0.717, 1.165) is 5.56 Å². The van der Waals surface area contributed by atoms with Gasteiger partial charge in [0.15, 0.2) is 11.5 Å². The quantitative estimate of drug-likeness (QED) is 0.263. The van der Waals surface area contributed by atoms with Gasteiger partial charge in [-0.15, -0.1) is 5.10 Å². The highest BCUT2D eigenvalue weighted by Gasteiger charge is 2.32. The number of anilines is 1. The number of carbonyl (C=O) groups excluding carboxylic acids is 1. The Bertz CT molecular complexity index is 1890. The Kier molecular flexibility index (Phi) is 7.27. The average molecular weight is 581 g/mol. The van der Waals surface area contributed by atoms with Crippen molar-refractivity contribution >= 4 is 22.8 Å². The van der Waals surface area contributed by atoms with Crippen molar-refractivity contribution in [3.63, 3.8) is 0 Å². The van der Waals surface area contributed by atoms with Crippen molar-refractivity contribution in [3.05, 3.63) is 76.9 Å². The van der Waals surface area contributed by atoms with Crippen LogP contribution in [0.25, 0.3) is 28.1 Å². The Balaban J connectivity index is 1.64. The zero-order valence-corrected chi connectivity index (χ0v) is 23.8. The van der Waals surface area contributed by atoms with Gasteiger partial charge in [-0.05, 0) is 36.1 Å². The molecule has 0 aliphatic carbocycles. The molecular weight excluding hydrogens is 551 g/mol. The molecule has 43 heavy (non-hydrogen) atoms. The van der Waals surface area contributed by atoms with E-state index < -0.39 is 17.5 Å². The van der Waals surface area contributed by atoms with E-state index in [0.29, 0.717) is 42.0 Å². The van der Waals surface area contributed by atoms with Gasteiger partial charge in [0.05, 0.1) is 48.0 Å². The minimum Gasteiger partial charge on any atom is -0.352 e. The molecule has 4 aromatic rings. The van der Waals surface area contributed by atoms with Crippen LogP contribution < -0.4 is 10.6 Å². The Hall–Kier alpha value is -5.25. The first kappa shape index (κ1) is 27.9. The molecule has 2 bridgehead atoms. The van der Waals surface area contributed by atoms with Crippen molar-refractivity contribution in [2.45, 2.75) is 45.2 Å². The van der Waals surface area contributed by atoms with E-state index in [1.54, 1.807) is 15.8 Å². The summed E-state index contributed by atoms with van der Waals surface area (Å²) in [5.74, 6) is -0.717. The summed E-state index contributed by atoms with van der Waals surface area (Å²) < 4.78 is 19.0. The molecule has 0 N–H and O–H groups in total. The smallest absolute Gasteiger partial charge is 0.352 e. The van der Waals surface area contributed by atoms with Crippen LogP contribution in [0.2, 0.25) is 0 Å². The number of hydrogen-bond donors (Lipinski definition) is 0. The molecule has 0 radical (unpaired) electrons. The standard InChI is InChI=1S/C30H29FN10O2/c1-4-24(42)39-14-13-38(17-20(39)8-10-32)28-21-15-22(31)26-23-16-34-37-40(23)12-6-5-7-19-9-11-33-25(18(2)3)27(19)41(29(21)35-26)30(43)36-28/h4-6,9,11,15-16,18,20H,1,7-8,12-14,17H2,2-3H3/b6-5-. The number of nitriles is 1. The van der Waals surface area contributed by atoms with Crippen LogP contribution in [0.15, 0.2) is 54.1 Å². The summed E-state index contributed by atoms with van der Waals surface area (Å²) in [6.07, 6.45) is 8.84. The lowest BCUT2D eigenvalue weighted by Crippen LogP contribution is -2.55. The molecule has 4 aromatic heterocycles. The van der Waals surface area contributed by atoms with E-state index in [-0.39, 0.29) is 48.5 Å². The molecule has 2 aliphatic rings. The molecule has 1 fully saturated rings. The number of nitrogens with zero attached hydrogens (tertiary/aromatic N) is 10. The summed E-state index contributed by atoms with van der Waals surface area (Å²) in [5.41, 5.74) is 2.06. The predicted molar refractivity (Wildman–Crippen MR) is 157 cm³/mol. The van der Waals surface area contributed by atoms with E-state index in [4.69, 9.17) is 4.98 Å². The van der Waals surface area contributed by atoms with Crippen LogP contribution in [0.4, 0.5) is 10.2 Å². The molecule has 1 unspecified atom stereocenters. The monoisotopic (exact) mass is 580 g/mol. The van der Waals surface area contributed by atoms with Crippen molar-refractivity contribution in [2.75, 3.05) is 24.5 Å². The lowest BCUT2D eigenvalue weighted by atomic mass is 10.0. The Morgan fingerprint density at radius 2 is 2.12 bits per heavy atom. The van der Waals surface area contributed by atoms with E-state index in [1.165, 1.54) is 22.9 Å². The Morgan fingerprint density at radius 1 is 1.28 bits per heavy atom. The number of rotatable bonds is 4. The van der Waals surface area contributed by atoms with E-state index >= 15 is 4.39 Å². The summed E-state index contributed by atoms with van der Waals surface area (Å²) in [6, 6.07) is 4.86.